The van der Waals surface area contributed by atoms with Crippen molar-refractivity contribution in [3.63, 3.8) is 0 Å². The van der Waals surface area contributed by atoms with Crippen molar-refractivity contribution in [3.05, 3.63) is 29.6 Å². The first-order valence-corrected chi connectivity index (χ1v) is 4.46. The van der Waals surface area contributed by atoms with Crippen LogP contribution < -0.4 is 4.74 Å². The number of halogens is 1. The van der Waals surface area contributed by atoms with Crippen LogP contribution in [0.3, 0.4) is 0 Å². The van der Waals surface area contributed by atoms with Crippen LogP contribution in [0.25, 0.3) is 0 Å². The van der Waals surface area contributed by atoms with Gasteiger partial charge in [0.2, 0.25) is 0 Å². The number of hydrogen-bond acceptors (Lipinski definition) is 2. The van der Waals surface area contributed by atoms with E-state index in [2.05, 4.69) is 0 Å². The van der Waals surface area contributed by atoms with Gasteiger partial charge in [-0.1, -0.05) is 19.9 Å². The summed E-state index contributed by atoms with van der Waals surface area (Å²) < 4.78 is 18.4. The molecule has 1 rings (SSSR count). The van der Waals surface area contributed by atoms with Crippen molar-refractivity contribution in [1.29, 1.82) is 5.26 Å². The topological polar surface area (TPSA) is 33.0 Å². The molecule has 74 valence electrons. The molecule has 0 amide bonds. The number of benzene rings is 1. The zero-order valence-electron chi connectivity index (χ0n) is 8.25. The second-order valence-electron chi connectivity index (χ2n) is 3.43. The zero-order valence-corrected chi connectivity index (χ0v) is 8.25. The second-order valence-corrected chi connectivity index (χ2v) is 3.43. The van der Waals surface area contributed by atoms with E-state index in [1.165, 1.54) is 12.1 Å². The lowest BCUT2D eigenvalue weighted by atomic mass is 10.2. The Labute approximate surface area is 82.9 Å². The van der Waals surface area contributed by atoms with Crippen LogP contribution in [0.15, 0.2) is 18.2 Å². The summed E-state index contributed by atoms with van der Waals surface area (Å²) in [4.78, 5) is 0. The number of ether oxygens (including phenoxy) is 1. The average Bonchev–Trinajstić information content (AvgIpc) is 2.15. The molecule has 0 aromatic heterocycles. The van der Waals surface area contributed by atoms with E-state index in [1.807, 2.05) is 19.9 Å². The molecular formula is C11H12FNO. The molecule has 0 saturated heterocycles. The monoisotopic (exact) mass is 193 g/mol. The fraction of sp³-hybridized carbons (Fsp3) is 0.364. The molecule has 14 heavy (non-hydrogen) atoms. The highest BCUT2D eigenvalue weighted by Crippen LogP contribution is 2.22. The number of para-hydroxylation sites is 1. The Hall–Kier alpha value is -1.56. The maximum atomic E-state index is 13.2. The molecular weight excluding hydrogens is 181 g/mol. The van der Waals surface area contributed by atoms with Gasteiger partial charge in [0.25, 0.3) is 0 Å². The first kappa shape index (κ1) is 10.5. The molecule has 0 aliphatic heterocycles. The van der Waals surface area contributed by atoms with E-state index in [4.69, 9.17) is 10.00 Å². The van der Waals surface area contributed by atoms with E-state index in [-0.39, 0.29) is 11.3 Å². The lowest BCUT2D eigenvalue weighted by molar-refractivity contribution is 0.258. The molecule has 3 heteroatoms. The summed E-state index contributed by atoms with van der Waals surface area (Å²) in [5.41, 5.74) is 0.241. The van der Waals surface area contributed by atoms with Crippen molar-refractivity contribution < 1.29 is 9.13 Å². The Morgan fingerprint density at radius 3 is 2.79 bits per heavy atom. The van der Waals surface area contributed by atoms with Gasteiger partial charge in [0.15, 0.2) is 11.6 Å². The number of hydrogen-bond donors (Lipinski definition) is 0. The van der Waals surface area contributed by atoms with Gasteiger partial charge in [-0.3, -0.25) is 0 Å². The molecule has 0 N–H and O–H groups in total. The van der Waals surface area contributed by atoms with Crippen molar-refractivity contribution in [2.45, 2.75) is 13.8 Å². The lowest BCUT2D eigenvalue weighted by Crippen LogP contribution is -2.06. The highest BCUT2D eigenvalue weighted by Gasteiger charge is 2.09. The molecule has 1 aromatic carbocycles. The predicted molar refractivity (Wildman–Crippen MR) is 51.4 cm³/mol. The van der Waals surface area contributed by atoms with Crippen LogP contribution in [0, 0.1) is 23.1 Å². The summed E-state index contributed by atoms with van der Waals surface area (Å²) in [5.74, 6) is -0.116. The van der Waals surface area contributed by atoms with Crippen LogP contribution in [-0.4, -0.2) is 6.61 Å². The standard InChI is InChI=1S/C11H12FNO/c1-8(2)7-14-11-9(6-13)4-3-5-10(11)12/h3-5,8H,7H2,1-2H3. The van der Waals surface area contributed by atoms with Gasteiger partial charge in [0.1, 0.15) is 6.07 Å². The third-order valence-corrected chi connectivity index (χ3v) is 1.65. The summed E-state index contributed by atoms with van der Waals surface area (Å²) in [6.07, 6.45) is 0. The van der Waals surface area contributed by atoms with Gasteiger partial charge in [-0.25, -0.2) is 4.39 Å². The van der Waals surface area contributed by atoms with Crippen LogP contribution in [-0.2, 0) is 0 Å². The van der Waals surface area contributed by atoms with Crippen LogP contribution >= 0.6 is 0 Å². The molecule has 0 radical (unpaired) electrons. The van der Waals surface area contributed by atoms with Crippen molar-refractivity contribution >= 4 is 0 Å². The Bertz CT molecular complexity index is 355. The van der Waals surface area contributed by atoms with Gasteiger partial charge in [0, 0.05) is 0 Å². The van der Waals surface area contributed by atoms with E-state index in [0.29, 0.717) is 12.5 Å². The molecule has 0 saturated carbocycles. The van der Waals surface area contributed by atoms with Crippen molar-refractivity contribution in [2.75, 3.05) is 6.61 Å². The SMILES string of the molecule is CC(C)COc1c(F)cccc1C#N. The minimum atomic E-state index is -0.482. The molecule has 1 aromatic rings. The minimum Gasteiger partial charge on any atom is -0.489 e. The molecule has 0 aliphatic rings. The molecule has 2 nitrogen and oxygen atoms in total. The summed E-state index contributed by atoms with van der Waals surface area (Å²) in [6.45, 7) is 4.34. The Morgan fingerprint density at radius 2 is 2.21 bits per heavy atom. The summed E-state index contributed by atoms with van der Waals surface area (Å²) >= 11 is 0. The largest absolute Gasteiger partial charge is 0.489 e. The zero-order chi connectivity index (χ0) is 10.6. The summed E-state index contributed by atoms with van der Waals surface area (Å²) in [5, 5.41) is 8.71. The molecule has 0 bridgehead atoms. The van der Waals surface area contributed by atoms with Gasteiger partial charge < -0.3 is 4.74 Å². The lowest BCUT2D eigenvalue weighted by Gasteiger charge is -2.10. The smallest absolute Gasteiger partial charge is 0.172 e. The first-order chi connectivity index (χ1) is 6.65. The fourth-order valence-corrected chi connectivity index (χ4v) is 0.994. The van der Waals surface area contributed by atoms with Crippen LogP contribution in [0.1, 0.15) is 19.4 Å². The van der Waals surface area contributed by atoms with Gasteiger partial charge in [-0.15, -0.1) is 0 Å². The summed E-state index contributed by atoms with van der Waals surface area (Å²) in [7, 11) is 0. The second kappa shape index (κ2) is 4.61. The van der Waals surface area contributed by atoms with E-state index < -0.39 is 5.82 Å². The molecule has 0 aliphatic carbocycles. The van der Waals surface area contributed by atoms with Crippen molar-refractivity contribution in [1.82, 2.24) is 0 Å². The highest BCUT2D eigenvalue weighted by atomic mass is 19.1. The van der Waals surface area contributed by atoms with E-state index in [0.717, 1.165) is 0 Å². The van der Waals surface area contributed by atoms with Gasteiger partial charge in [-0.05, 0) is 18.1 Å². The highest BCUT2D eigenvalue weighted by molar-refractivity contribution is 5.43. The average molecular weight is 193 g/mol. The molecule has 0 atom stereocenters. The van der Waals surface area contributed by atoms with Crippen molar-refractivity contribution in [2.24, 2.45) is 5.92 Å². The number of nitriles is 1. The number of nitrogens with zero attached hydrogens (tertiary/aromatic N) is 1. The molecule has 0 heterocycles. The molecule has 0 spiro atoms. The summed E-state index contributed by atoms with van der Waals surface area (Å²) in [6, 6.07) is 6.22. The van der Waals surface area contributed by atoms with E-state index in [1.54, 1.807) is 6.07 Å². The Balaban J connectivity index is 2.89. The van der Waals surface area contributed by atoms with Gasteiger partial charge >= 0.3 is 0 Å². The van der Waals surface area contributed by atoms with E-state index in [9.17, 15) is 4.39 Å². The predicted octanol–water partition coefficient (Wildman–Crippen LogP) is 2.73. The Morgan fingerprint density at radius 1 is 1.50 bits per heavy atom. The minimum absolute atomic E-state index is 0.0590. The number of rotatable bonds is 3. The maximum Gasteiger partial charge on any atom is 0.172 e. The Kier molecular flexibility index (Phi) is 3.47. The normalized spacial score (nSPS) is 9.93. The van der Waals surface area contributed by atoms with Crippen LogP contribution in [0.2, 0.25) is 0 Å². The third kappa shape index (κ3) is 2.46. The quantitative estimate of drug-likeness (QED) is 0.739. The van der Waals surface area contributed by atoms with Gasteiger partial charge in [-0.2, -0.15) is 5.26 Å². The third-order valence-electron chi connectivity index (χ3n) is 1.65. The van der Waals surface area contributed by atoms with E-state index >= 15 is 0 Å². The van der Waals surface area contributed by atoms with Crippen LogP contribution in [0.4, 0.5) is 4.39 Å². The van der Waals surface area contributed by atoms with Crippen LogP contribution in [0.5, 0.6) is 5.75 Å². The van der Waals surface area contributed by atoms with Crippen molar-refractivity contribution in [3.8, 4) is 11.8 Å². The fourth-order valence-electron chi connectivity index (χ4n) is 0.994. The molecule has 0 unspecified atom stereocenters. The first-order valence-electron chi connectivity index (χ1n) is 4.46. The molecule has 0 fully saturated rings. The van der Waals surface area contributed by atoms with Gasteiger partial charge in [0.05, 0.1) is 12.2 Å². The maximum absolute atomic E-state index is 13.2.